The summed E-state index contributed by atoms with van der Waals surface area (Å²) in [6.45, 7) is 1.74. The third-order valence-electron chi connectivity index (χ3n) is 5.24. The van der Waals surface area contributed by atoms with E-state index in [1.165, 1.54) is 4.57 Å². The summed E-state index contributed by atoms with van der Waals surface area (Å²) >= 11 is 12.6. The minimum atomic E-state index is -0.606. The number of anilines is 3. The van der Waals surface area contributed by atoms with E-state index in [0.717, 1.165) is 0 Å². The van der Waals surface area contributed by atoms with Gasteiger partial charge in [0.15, 0.2) is 5.82 Å². The molecule has 0 aliphatic heterocycles. The number of aliphatic hydroxyl groups excluding tert-OH is 1. The van der Waals surface area contributed by atoms with E-state index in [-0.39, 0.29) is 55.7 Å². The zero-order chi connectivity index (χ0) is 22.4. The van der Waals surface area contributed by atoms with Gasteiger partial charge in [-0.15, -0.1) is 0 Å². The second-order valence-corrected chi connectivity index (χ2v) is 8.16. The highest BCUT2D eigenvalue weighted by Crippen LogP contribution is 2.35. The van der Waals surface area contributed by atoms with Crippen LogP contribution in [-0.2, 0) is 0 Å². The second kappa shape index (κ2) is 7.85. The van der Waals surface area contributed by atoms with Crippen LogP contribution >= 0.6 is 23.2 Å². The Hall–Kier alpha value is -3.13. The Kier molecular flexibility index (Phi) is 5.35. The van der Waals surface area contributed by atoms with Crippen molar-refractivity contribution >= 4 is 51.7 Å². The fraction of sp³-hybridized carbons (Fsp3) is 0.316. The van der Waals surface area contributed by atoms with Gasteiger partial charge in [0.05, 0.1) is 33.1 Å². The maximum Gasteiger partial charge on any atom is 0.263 e. The van der Waals surface area contributed by atoms with Crippen LogP contribution < -0.4 is 22.3 Å². The molecule has 0 bridgehead atoms. The summed E-state index contributed by atoms with van der Waals surface area (Å²) < 4.78 is 1.51. The minimum absolute atomic E-state index is 0.0240. The smallest absolute Gasteiger partial charge is 0.263 e. The predicted molar refractivity (Wildman–Crippen MR) is 118 cm³/mol. The quantitative estimate of drug-likeness (QED) is 0.456. The van der Waals surface area contributed by atoms with E-state index >= 15 is 0 Å². The van der Waals surface area contributed by atoms with E-state index in [9.17, 15) is 15.2 Å². The average molecular weight is 461 g/mol. The number of nitrogens with two attached hydrogens (primary N) is 2. The number of hydrogen-bond donors (Lipinski definition) is 4. The molecule has 4 rings (SSSR count). The highest BCUT2D eigenvalue weighted by atomic mass is 35.5. The highest BCUT2D eigenvalue weighted by Gasteiger charge is 2.33. The van der Waals surface area contributed by atoms with Crippen molar-refractivity contribution in [1.29, 1.82) is 5.26 Å². The number of nitrogen functional groups attached to an aromatic ring is 2. The zero-order valence-corrected chi connectivity index (χ0v) is 17.8. The summed E-state index contributed by atoms with van der Waals surface area (Å²) in [6, 6.07) is 4.19. The summed E-state index contributed by atoms with van der Waals surface area (Å²) in [5.41, 5.74) is 11.4. The van der Waals surface area contributed by atoms with Crippen molar-refractivity contribution in [3.05, 3.63) is 43.9 Å². The van der Waals surface area contributed by atoms with Gasteiger partial charge >= 0.3 is 0 Å². The van der Waals surface area contributed by atoms with E-state index in [4.69, 9.17) is 34.7 Å². The van der Waals surface area contributed by atoms with Gasteiger partial charge in [-0.05, 0) is 31.9 Å². The highest BCUT2D eigenvalue weighted by molar-refractivity contribution is 6.39. The lowest BCUT2D eigenvalue weighted by Crippen LogP contribution is -2.40. The number of nitriles is 1. The monoisotopic (exact) mass is 460 g/mol. The van der Waals surface area contributed by atoms with Crippen LogP contribution in [0.4, 0.5) is 17.6 Å². The Morgan fingerprint density at radius 1 is 1.26 bits per heavy atom. The fourth-order valence-corrected chi connectivity index (χ4v) is 4.09. The SMILES string of the molecule is C[C@H](Nc1nc(N)nc(N)c1C#N)c1nc2c(Cl)ccc(Cl)c2c(=O)n1[C@H]1C[C@@H](O)C1. The molecular formula is C19H18Cl2N8O2. The summed E-state index contributed by atoms with van der Waals surface area (Å²) in [4.78, 5) is 25.9. The van der Waals surface area contributed by atoms with Gasteiger partial charge in [-0.2, -0.15) is 15.2 Å². The number of aliphatic hydroxyl groups is 1. The second-order valence-electron chi connectivity index (χ2n) is 7.35. The Morgan fingerprint density at radius 3 is 2.58 bits per heavy atom. The number of nitrogens with one attached hydrogen (secondary N) is 1. The number of hydrogen-bond acceptors (Lipinski definition) is 9. The van der Waals surface area contributed by atoms with Gasteiger partial charge < -0.3 is 21.9 Å². The Balaban J connectivity index is 1.89. The molecule has 1 fully saturated rings. The van der Waals surface area contributed by atoms with E-state index in [1.54, 1.807) is 19.1 Å². The van der Waals surface area contributed by atoms with Crippen molar-refractivity contribution in [2.75, 3.05) is 16.8 Å². The van der Waals surface area contributed by atoms with Crippen LogP contribution in [0.3, 0.4) is 0 Å². The van der Waals surface area contributed by atoms with Crippen molar-refractivity contribution in [1.82, 2.24) is 19.5 Å². The lowest BCUT2D eigenvalue weighted by Gasteiger charge is -2.35. The van der Waals surface area contributed by atoms with Crippen molar-refractivity contribution < 1.29 is 5.11 Å². The molecule has 0 unspecified atom stereocenters. The molecule has 1 saturated carbocycles. The van der Waals surface area contributed by atoms with Gasteiger partial charge in [-0.3, -0.25) is 9.36 Å². The number of fused-ring (bicyclic) bond motifs is 1. The van der Waals surface area contributed by atoms with E-state index < -0.39 is 12.1 Å². The average Bonchev–Trinajstić information content (AvgIpc) is 2.68. The molecule has 0 spiro atoms. The normalized spacial score (nSPS) is 18.9. The summed E-state index contributed by atoms with van der Waals surface area (Å²) in [5.74, 6) is 0.294. The molecule has 12 heteroatoms. The molecule has 0 amide bonds. The standard InChI is InChI=1S/C19H18Cl2N8O2/c1-7(25-16-10(6-22)15(23)27-19(24)28-16)17-26-14-12(21)3-2-11(20)13(14)18(31)29(17)8-4-9(30)5-8/h2-3,7-9,30H,4-5H2,1H3,(H5,23,24,25,27,28)/t7-,8-,9+/m0/s1. The Morgan fingerprint density at radius 2 is 1.94 bits per heavy atom. The van der Waals surface area contributed by atoms with Crippen LogP contribution in [0.5, 0.6) is 0 Å². The van der Waals surface area contributed by atoms with Gasteiger partial charge in [0, 0.05) is 6.04 Å². The summed E-state index contributed by atoms with van der Waals surface area (Å²) in [6.07, 6.45) is 0.314. The Labute approximate surface area is 186 Å². The van der Waals surface area contributed by atoms with Crippen LogP contribution in [0.15, 0.2) is 16.9 Å². The molecular weight excluding hydrogens is 443 g/mol. The zero-order valence-electron chi connectivity index (χ0n) is 16.3. The predicted octanol–water partition coefficient (Wildman–Crippen LogP) is 2.40. The summed E-state index contributed by atoms with van der Waals surface area (Å²) in [5, 5.41) is 23.0. The van der Waals surface area contributed by atoms with Gasteiger partial charge in [0.25, 0.3) is 5.56 Å². The lowest BCUT2D eigenvalue weighted by atomic mass is 9.89. The molecule has 31 heavy (non-hydrogen) atoms. The molecule has 2 heterocycles. The van der Waals surface area contributed by atoms with E-state index in [2.05, 4.69) is 20.3 Å². The van der Waals surface area contributed by atoms with Crippen LogP contribution in [0.1, 0.15) is 43.2 Å². The van der Waals surface area contributed by atoms with Gasteiger partial charge in [-0.1, -0.05) is 23.2 Å². The first-order valence-electron chi connectivity index (χ1n) is 9.39. The maximum atomic E-state index is 13.4. The molecule has 0 saturated heterocycles. The van der Waals surface area contributed by atoms with Crippen LogP contribution in [0, 0.1) is 11.3 Å². The molecule has 3 aromatic rings. The molecule has 6 N–H and O–H groups in total. The first-order chi connectivity index (χ1) is 14.7. The van der Waals surface area contributed by atoms with E-state index in [1.807, 2.05) is 6.07 Å². The maximum absolute atomic E-state index is 13.4. The summed E-state index contributed by atoms with van der Waals surface area (Å²) in [7, 11) is 0. The first kappa shape index (κ1) is 21.1. The number of nitrogens with zero attached hydrogens (tertiary/aromatic N) is 5. The van der Waals surface area contributed by atoms with Crippen LogP contribution in [-0.4, -0.2) is 30.7 Å². The number of rotatable bonds is 4. The van der Waals surface area contributed by atoms with Crippen LogP contribution in [0.2, 0.25) is 10.0 Å². The van der Waals surface area contributed by atoms with Crippen molar-refractivity contribution in [3.63, 3.8) is 0 Å². The molecule has 1 aliphatic carbocycles. The molecule has 2 aromatic heterocycles. The number of halogens is 2. The van der Waals surface area contributed by atoms with Crippen LogP contribution in [0.25, 0.3) is 10.9 Å². The molecule has 160 valence electrons. The van der Waals surface area contributed by atoms with Crippen molar-refractivity contribution in [2.24, 2.45) is 0 Å². The van der Waals surface area contributed by atoms with Gasteiger partial charge in [-0.25, -0.2) is 4.98 Å². The topological polar surface area (TPSA) is 169 Å². The van der Waals surface area contributed by atoms with E-state index in [0.29, 0.717) is 18.7 Å². The number of benzene rings is 1. The molecule has 1 aromatic carbocycles. The minimum Gasteiger partial charge on any atom is -0.393 e. The van der Waals surface area contributed by atoms with Gasteiger partial charge in [0.2, 0.25) is 5.95 Å². The van der Waals surface area contributed by atoms with Crippen molar-refractivity contribution in [3.8, 4) is 6.07 Å². The Bertz CT molecular complexity index is 1300. The lowest BCUT2D eigenvalue weighted by molar-refractivity contribution is 0.0454. The van der Waals surface area contributed by atoms with Crippen molar-refractivity contribution in [2.45, 2.75) is 38.0 Å². The first-order valence-corrected chi connectivity index (χ1v) is 10.1. The molecule has 1 aliphatic rings. The molecule has 0 radical (unpaired) electrons. The third kappa shape index (κ3) is 3.61. The third-order valence-corrected chi connectivity index (χ3v) is 5.86. The number of aromatic nitrogens is 4. The largest absolute Gasteiger partial charge is 0.393 e. The molecule has 10 nitrogen and oxygen atoms in total. The van der Waals surface area contributed by atoms with Gasteiger partial charge in [0.1, 0.15) is 23.3 Å². The fourth-order valence-electron chi connectivity index (χ4n) is 3.66. The molecule has 1 atom stereocenters.